The van der Waals surface area contributed by atoms with Crippen molar-refractivity contribution in [2.24, 2.45) is 0 Å². The van der Waals surface area contributed by atoms with Crippen LogP contribution >= 0.6 is 0 Å². The molecule has 0 saturated carbocycles. The number of fused-ring (bicyclic) bond motifs is 1. The monoisotopic (exact) mass is 440 g/mol. The number of aromatic amines is 1. The van der Waals surface area contributed by atoms with Crippen LogP contribution in [-0.2, 0) is 6.54 Å². The van der Waals surface area contributed by atoms with E-state index in [1.54, 1.807) is 12.1 Å². The molecule has 0 amide bonds. The van der Waals surface area contributed by atoms with E-state index in [-0.39, 0.29) is 5.82 Å². The molecular formula is C25H21FN6O. The molecule has 5 rings (SSSR count). The molecule has 8 heteroatoms. The van der Waals surface area contributed by atoms with Crippen LogP contribution in [-0.4, -0.2) is 27.0 Å². The Morgan fingerprint density at radius 2 is 1.88 bits per heavy atom. The summed E-state index contributed by atoms with van der Waals surface area (Å²) >= 11 is 0. The van der Waals surface area contributed by atoms with E-state index in [0.29, 0.717) is 29.4 Å². The Morgan fingerprint density at radius 3 is 2.76 bits per heavy atom. The van der Waals surface area contributed by atoms with Crippen molar-refractivity contribution in [3.63, 3.8) is 0 Å². The highest BCUT2D eigenvalue weighted by Crippen LogP contribution is 2.30. The van der Waals surface area contributed by atoms with Crippen LogP contribution < -0.4 is 15.4 Å². The predicted octanol–water partition coefficient (Wildman–Crippen LogP) is 5.52. The summed E-state index contributed by atoms with van der Waals surface area (Å²) in [6.45, 7) is 0.608. The van der Waals surface area contributed by atoms with Gasteiger partial charge in [-0.1, -0.05) is 24.3 Å². The van der Waals surface area contributed by atoms with Gasteiger partial charge in [-0.3, -0.25) is 0 Å². The highest BCUT2D eigenvalue weighted by molar-refractivity contribution is 5.77. The molecule has 164 valence electrons. The van der Waals surface area contributed by atoms with Gasteiger partial charge >= 0.3 is 0 Å². The van der Waals surface area contributed by atoms with Gasteiger partial charge in [-0.05, 0) is 42.0 Å². The third-order valence-corrected chi connectivity index (χ3v) is 5.16. The van der Waals surface area contributed by atoms with E-state index in [1.165, 1.54) is 25.6 Å². The van der Waals surface area contributed by atoms with Crippen molar-refractivity contribution < 1.29 is 9.13 Å². The number of nitrogens with one attached hydrogen (secondary N) is 3. The summed E-state index contributed by atoms with van der Waals surface area (Å²) in [6.07, 6.45) is 1.47. The fraction of sp³-hybridized carbons (Fsp3) is 0.0800. The van der Waals surface area contributed by atoms with Crippen LogP contribution in [0, 0.1) is 5.82 Å². The number of nitrogens with zero attached hydrogens (tertiary/aromatic N) is 3. The number of rotatable bonds is 7. The van der Waals surface area contributed by atoms with Crippen LogP contribution in [0.2, 0.25) is 0 Å². The van der Waals surface area contributed by atoms with Gasteiger partial charge < -0.3 is 20.4 Å². The molecule has 0 aliphatic rings. The minimum absolute atomic E-state index is 0.365. The minimum Gasteiger partial charge on any atom is -0.496 e. The minimum atomic E-state index is -0.365. The fourth-order valence-electron chi connectivity index (χ4n) is 3.58. The highest BCUT2D eigenvalue weighted by atomic mass is 19.1. The Bertz CT molecular complexity index is 1380. The maximum absolute atomic E-state index is 13.5. The number of H-pyrrole nitrogens is 1. The molecule has 2 heterocycles. The van der Waals surface area contributed by atoms with E-state index >= 15 is 0 Å². The molecule has 3 aromatic carbocycles. The Hall–Kier alpha value is -4.46. The zero-order valence-electron chi connectivity index (χ0n) is 17.8. The zero-order valence-corrected chi connectivity index (χ0v) is 17.8. The lowest BCUT2D eigenvalue weighted by molar-refractivity contribution is 0.413. The van der Waals surface area contributed by atoms with E-state index in [0.717, 1.165) is 28.2 Å². The van der Waals surface area contributed by atoms with Gasteiger partial charge in [0.05, 0.1) is 23.8 Å². The first-order valence-corrected chi connectivity index (χ1v) is 10.4. The van der Waals surface area contributed by atoms with Crippen molar-refractivity contribution in [1.82, 2.24) is 19.9 Å². The number of aromatic nitrogens is 4. The van der Waals surface area contributed by atoms with Crippen molar-refractivity contribution in [3.8, 4) is 17.0 Å². The van der Waals surface area contributed by atoms with Crippen LogP contribution in [0.25, 0.3) is 22.3 Å². The molecule has 0 unspecified atom stereocenters. The molecule has 0 saturated heterocycles. The molecular weight excluding hydrogens is 419 g/mol. The predicted molar refractivity (Wildman–Crippen MR) is 127 cm³/mol. The summed E-state index contributed by atoms with van der Waals surface area (Å²) in [7, 11) is 1.50. The van der Waals surface area contributed by atoms with E-state index in [4.69, 9.17) is 4.74 Å². The smallest absolute Gasteiger partial charge is 0.201 e. The van der Waals surface area contributed by atoms with E-state index in [2.05, 4.69) is 30.6 Å². The number of halogens is 1. The van der Waals surface area contributed by atoms with Gasteiger partial charge in [0.25, 0.3) is 0 Å². The van der Waals surface area contributed by atoms with Crippen molar-refractivity contribution in [3.05, 3.63) is 90.5 Å². The standard InChI is InChI=1S/C25H21FN6O/c1-33-23-12-17(26)9-10-19(23)22-13-24(29-15-28-22)30-18-6-4-5-16(11-18)14-27-25-31-20-7-2-3-8-21(20)32-25/h2-13,15H,14H2,1H3,(H2,27,31,32)(H,28,29,30). The number of methoxy groups -OCH3 is 1. The first-order chi connectivity index (χ1) is 16.2. The van der Waals surface area contributed by atoms with Gasteiger partial charge in [0.2, 0.25) is 5.95 Å². The third-order valence-electron chi connectivity index (χ3n) is 5.16. The molecule has 2 aromatic heterocycles. The molecule has 7 nitrogen and oxygen atoms in total. The maximum Gasteiger partial charge on any atom is 0.201 e. The van der Waals surface area contributed by atoms with Crippen molar-refractivity contribution in [2.75, 3.05) is 17.7 Å². The number of benzene rings is 3. The van der Waals surface area contributed by atoms with Crippen LogP contribution in [0.5, 0.6) is 5.75 Å². The third kappa shape index (κ3) is 4.59. The first kappa shape index (κ1) is 20.4. The summed E-state index contributed by atoms with van der Waals surface area (Å²) < 4.78 is 18.8. The molecule has 5 aromatic rings. The van der Waals surface area contributed by atoms with Crippen molar-refractivity contribution >= 4 is 28.5 Å². The average molecular weight is 440 g/mol. The van der Waals surface area contributed by atoms with Gasteiger partial charge in [0.15, 0.2) is 0 Å². The van der Waals surface area contributed by atoms with Crippen LogP contribution in [0.3, 0.4) is 0 Å². The summed E-state index contributed by atoms with van der Waals surface area (Å²) in [6, 6.07) is 22.1. The zero-order chi connectivity index (χ0) is 22.6. The van der Waals surface area contributed by atoms with Crippen LogP contribution in [0.4, 0.5) is 21.8 Å². The van der Waals surface area contributed by atoms with Gasteiger partial charge in [-0.2, -0.15) is 0 Å². The molecule has 0 bridgehead atoms. The number of hydrogen-bond acceptors (Lipinski definition) is 6. The van der Waals surface area contributed by atoms with Crippen LogP contribution in [0.1, 0.15) is 5.56 Å². The molecule has 0 spiro atoms. The Balaban J connectivity index is 1.31. The first-order valence-electron chi connectivity index (χ1n) is 10.4. The second-order valence-electron chi connectivity index (χ2n) is 7.41. The highest BCUT2D eigenvalue weighted by Gasteiger charge is 2.10. The lowest BCUT2D eigenvalue weighted by Crippen LogP contribution is -2.02. The van der Waals surface area contributed by atoms with E-state index < -0.39 is 0 Å². The van der Waals surface area contributed by atoms with Crippen molar-refractivity contribution in [1.29, 1.82) is 0 Å². The van der Waals surface area contributed by atoms with Gasteiger partial charge in [0.1, 0.15) is 23.7 Å². The Labute approximate surface area is 189 Å². The molecule has 33 heavy (non-hydrogen) atoms. The summed E-state index contributed by atoms with van der Waals surface area (Å²) in [5.41, 5.74) is 5.20. The summed E-state index contributed by atoms with van der Waals surface area (Å²) in [4.78, 5) is 16.4. The fourth-order valence-corrected chi connectivity index (χ4v) is 3.58. The second kappa shape index (κ2) is 8.96. The second-order valence-corrected chi connectivity index (χ2v) is 7.41. The topological polar surface area (TPSA) is 87.8 Å². The molecule has 0 aliphatic heterocycles. The number of anilines is 3. The molecule has 0 aliphatic carbocycles. The summed E-state index contributed by atoms with van der Waals surface area (Å²) in [5.74, 6) is 1.39. The van der Waals surface area contributed by atoms with E-state index in [9.17, 15) is 4.39 Å². The Morgan fingerprint density at radius 1 is 0.970 bits per heavy atom. The lowest BCUT2D eigenvalue weighted by atomic mass is 10.1. The number of para-hydroxylation sites is 2. The molecule has 0 fully saturated rings. The number of hydrogen-bond donors (Lipinski definition) is 3. The SMILES string of the molecule is COc1cc(F)ccc1-c1cc(Nc2cccc(CNc3nc4ccccc4[nH]3)c2)ncn1. The molecule has 0 radical (unpaired) electrons. The maximum atomic E-state index is 13.5. The molecule has 3 N–H and O–H groups in total. The average Bonchev–Trinajstić information content (AvgIpc) is 3.26. The summed E-state index contributed by atoms with van der Waals surface area (Å²) in [5, 5.41) is 6.63. The largest absolute Gasteiger partial charge is 0.496 e. The van der Waals surface area contributed by atoms with Crippen molar-refractivity contribution in [2.45, 2.75) is 6.54 Å². The van der Waals surface area contributed by atoms with Gasteiger partial charge in [-0.15, -0.1) is 0 Å². The lowest BCUT2D eigenvalue weighted by Gasteiger charge is -2.11. The number of ether oxygens (including phenoxy) is 1. The quantitative estimate of drug-likeness (QED) is 0.309. The van der Waals surface area contributed by atoms with Gasteiger partial charge in [0, 0.05) is 29.9 Å². The van der Waals surface area contributed by atoms with Crippen LogP contribution in [0.15, 0.2) is 79.1 Å². The normalized spacial score (nSPS) is 10.8. The Kier molecular flexibility index (Phi) is 5.55. The van der Waals surface area contributed by atoms with E-state index in [1.807, 2.05) is 48.5 Å². The van der Waals surface area contributed by atoms with Gasteiger partial charge in [-0.25, -0.2) is 19.3 Å². The number of imidazole rings is 1. The molecule has 0 atom stereocenters.